The van der Waals surface area contributed by atoms with Gasteiger partial charge >= 0.3 is 0 Å². The van der Waals surface area contributed by atoms with E-state index in [0.717, 1.165) is 6.42 Å². The Kier molecular flexibility index (Phi) is 2.93. The van der Waals surface area contributed by atoms with Crippen LogP contribution >= 0.6 is 11.6 Å². The van der Waals surface area contributed by atoms with Gasteiger partial charge in [0.25, 0.3) is 5.91 Å². The van der Waals surface area contributed by atoms with Crippen LogP contribution in [-0.4, -0.2) is 13.0 Å². The van der Waals surface area contributed by atoms with E-state index in [2.05, 4.69) is 12.2 Å². The van der Waals surface area contributed by atoms with Crippen LogP contribution in [0.4, 0.5) is 0 Å². The number of halogens is 1. The molecule has 1 atom stereocenters. The molecule has 2 nitrogen and oxygen atoms in total. The summed E-state index contributed by atoms with van der Waals surface area (Å²) in [5.74, 6) is 0.294. The molecule has 0 bridgehead atoms. The third kappa shape index (κ3) is 1.89. The molecule has 0 saturated carbocycles. The van der Waals surface area contributed by atoms with Gasteiger partial charge in [0.1, 0.15) is 0 Å². The first kappa shape index (κ1) is 9.33. The van der Waals surface area contributed by atoms with Crippen molar-refractivity contribution in [3.63, 3.8) is 0 Å². The van der Waals surface area contributed by atoms with Gasteiger partial charge in [-0.15, -0.1) is 0 Å². The van der Waals surface area contributed by atoms with E-state index in [1.54, 1.807) is 7.05 Å². The highest BCUT2D eigenvalue weighted by Gasteiger charge is 2.16. The predicted molar refractivity (Wildman–Crippen MR) is 49.9 cm³/mol. The van der Waals surface area contributed by atoms with Crippen molar-refractivity contribution in [1.82, 2.24) is 5.32 Å². The van der Waals surface area contributed by atoms with Crippen LogP contribution in [0.25, 0.3) is 0 Å². The van der Waals surface area contributed by atoms with Gasteiger partial charge in [-0.1, -0.05) is 30.7 Å². The summed E-state index contributed by atoms with van der Waals surface area (Å²) >= 11 is 5.85. The molecule has 0 aromatic rings. The SMILES string of the molecule is CNC(=O)C1=CC(C)CC=C1Cl. The van der Waals surface area contributed by atoms with Crippen molar-refractivity contribution in [3.8, 4) is 0 Å². The maximum Gasteiger partial charge on any atom is 0.252 e. The number of likely N-dealkylation sites (N-methyl/N-ethyl adjacent to an activating group) is 1. The standard InChI is InChI=1S/C9H12ClNO/c1-6-3-4-8(10)7(5-6)9(12)11-2/h4-6H,3H2,1-2H3,(H,11,12). The molecular weight excluding hydrogens is 174 g/mol. The van der Waals surface area contributed by atoms with E-state index in [0.29, 0.717) is 16.5 Å². The number of carbonyl (C=O) groups is 1. The lowest BCUT2D eigenvalue weighted by atomic mass is 9.97. The van der Waals surface area contributed by atoms with Crippen molar-refractivity contribution >= 4 is 17.5 Å². The predicted octanol–water partition coefficient (Wildman–Crippen LogP) is 1.82. The summed E-state index contributed by atoms with van der Waals surface area (Å²) in [6.07, 6.45) is 4.71. The first-order valence-corrected chi connectivity index (χ1v) is 4.33. The van der Waals surface area contributed by atoms with Crippen LogP contribution in [-0.2, 0) is 4.79 Å². The fourth-order valence-corrected chi connectivity index (χ4v) is 1.39. The molecular formula is C9H12ClNO. The van der Waals surface area contributed by atoms with Crippen LogP contribution in [0.5, 0.6) is 0 Å². The minimum Gasteiger partial charge on any atom is -0.355 e. The number of allylic oxidation sites excluding steroid dienone is 2. The molecule has 1 amide bonds. The fraction of sp³-hybridized carbons (Fsp3) is 0.444. The van der Waals surface area contributed by atoms with Gasteiger partial charge in [-0.05, 0) is 12.3 Å². The molecule has 0 spiro atoms. The van der Waals surface area contributed by atoms with Crippen molar-refractivity contribution in [2.45, 2.75) is 13.3 Å². The van der Waals surface area contributed by atoms with Crippen molar-refractivity contribution in [2.75, 3.05) is 7.05 Å². The normalized spacial score (nSPS) is 22.8. The first-order chi connectivity index (χ1) is 5.65. The van der Waals surface area contributed by atoms with Crippen LogP contribution in [0, 0.1) is 5.92 Å². The second-order valence-corrected chi connectivity index (χ2v) is 3.33. The number of nitrogens with one attached hydrogen (secondary N) is 1. The lowest BCUT2D eigenvalue weighted by molar-refractivity contribution is -0.116. The molecule has 1 aliphatic rings. The molecule has 1 rings (SSSR count). The largest absolute Gasteiger partial charge is 0.355 e. The molecule has 0 saturated heterocycles. The third-order valence-electron chi connectivity index (χ3n) is 1.85. The Morgan fingerprint density at radius 2 is 2.42 bits per heavy atom. The van der Waals surface area contributed by atoms with E-state index in [4.69, 9.17) is 11.6 Å². The van der Waals surface area contributed by atoms with E-state index in [-0.39, 0.29) is 5.91 Å². The summed E-state index contributed by atoms with van der Waals surface area (Å²) in [4.78, 5) is 11.2. The number of hydrogen-bond acceptors (Lipinski definition) is 1. The van der Waals surface area contributed by atoms with Crippen LogP contribution in [0.3, 0.4) is 0 Å². The highest BCUT2D eigenvalue weighted by Crippen LogP contribution is 2.25. The van der Waals surface area contributed by atoms with E-state index in [1.165, 1.54) is 0 Å². The molecule has 1 unspecified atom stereocenters. The Morgan fingerprint density at radius 3 is 3.00 bits per heavy atom. The molecule has 0 fully saturated rings. The molecule has 0 heterocycles. The van der Waals surface area contributed by atoms with Gasteiger partial charge in [-0.3, -0.25) is 4.79 Å². The quantitative estimate of drug-likeness (QED) is 0.664. The highest BCUT2D eigenvalue weighted by atomic mass is 35.5. The Labute approximate surface area is 77.3 Å². The van der Waals surface area contributed by atoms with Crippen LogP contribution in [0.1, 0.15) is 13.3 Å². The summed E-state index contributed by atoms with van der Waals surface area (Å²) in [5, 5.41) is 3.12. The molecule has 0 aromatic heterocycles. The second-order valence-electron chi connectivity index (χ2n) is 2.92. The lowest BCUT2D eigenvalue weighted by Crippen LogP contribution is -2.21. The minimum atomic E-state index is -0.109. The average Bonchev–Trinajstić information content (AvgIpc) is 2.08. The third-order valence-corrected chi connectivity index (χ3v) is 2.21. The Morgan fingerprint density at radius 1 is 1.75 bits per heavy atom. The smallest absolute Gasteiger partial charge is 0.252 e. The maximum absolute atomic E-state index is 11.2. The summed E-state index contributed by atoms with van der Waals surface area (Å²) in [5.41, 5.74) is 0.595. The Bertz CT molecular complexity index is 255. The second kappa shape index (κ2) is 3.76. The Balaban J connectivity index is 2.86. The number of hydrogen-bond donors (Lipinski definition) is 1. The number of carbonyl (C=O) groups excluding carboxylic acids is 1. The number of amides is 1. The lowest BCUT2D eigenvalue weighted by Gasteiger charge is -2.13. The van der Waals surface area contributed by atoms with E-state index in [1.807, 2.05) is 12.2 Å². The molecule has 66 valence electrons. The van der Waals surface area contributed by atoms with Gasteiger partial charge < -0.3 is 5.32 Å². The topological polar surface area (TPSA) is 29.1 Å². The van der Waals surface area contributed by atoms with Crippen molar-refractivity contribution in [1.29, 1.82) is 0 Å². The van der Waals surface area contributed by atoms with Gasteiger partial charge in [-0.25, -0.2) is 0 Å². The average molecular weight is 186 g/mol. The van der Waals surface area contributed by atoms with E-state index >= 15 is 0 Å². The molecule has 1 N–H and O–H groups in total. The van der Waals surface area contributed by atoms with Crippen LogP contribution < -0.4 is 5.32 Å². The van der Waals surface area contributed by atoms with Gasteiger partial charge in [0.15, 0.2) is 0 Å². The summed E-state index contributed by atoms with van der Waals surface area (Å²) in [6, 6.07) is 0. The van der Waals surface area contributed by atoms with Crippen molar-refractivity contribution < 1.29 is 4.79 Å². The van der Waals surface area contributed by atoms with Crippen LogP contribution in [0.2, 0.25) is 0 Å². The Hall–Kier alpha value is -0.760. The summed E-state index contributed by atoms with van der Waals surface area (Å²) in [7, 11) is 1.60. The van der Waals surface area contributed by atoms with Gasteiger partial charge in [0, 0.05) is 12.1 Å². The summed E-state index contributed by atoms with van der Waals surface area (Å²) < 4.78 is 0. The monoisotopic (exact) mass is 185 g/mol. The molecule has 3 heteroatoms. The van der Waals surface area contributed by atoms with Crippen molar-refractivity contribution in [2.24, 2.45) is 5.92 Å². The highest BCUT2D eigenvalue weighted by molar-refractivity contribution is 6.35. The molecule has 0 radical (unpaired) electrons. The summed E-state index contributed by atoms with van der Waals surface area (Å²) in [6.45, 7) is 2.06. The molecule has 1 aliphatic carbocycles. The zero-order valence-electron chi connectivity index (χ0n) is 7.23. The maximum atomic E-state index is 11.2. The first-order valence-electron chi connectivity index (χ1n) is 3.95. The van der Waals surface area contributed by atoms with Gasteiger partial charge in [-0.2, -0.15) is 0 Å². The zero-order valence-corrected chi connectivity index (χ0v) is 7.98. The number of rotatable bonds is 1. The molecule has 12 heavy (non-hydrogen) atoms. The molecule has 0 aliphatic heterocycles. The van der Waals surface area contributed by atoms with E-state index in [9.17, 15) is 4.79 Å². The van der Waals surface area contributed by atoms with Gasteiger partial charge in [0.2, 0.25) is 0 Å². The van der Waals surface area contributed by atoms with Crippen LogP contribution in [0.15, 0.2) is 22.8 Å². The minimum absolute atomic E-state index is 0.109. The molecule has 0 aromatic carbocycles. The van der Waals surface area contributed by atoms with Gasteiger partial charge in [0.05, 0.1) is 5.57 Å². The fourth-order valence-electron chi connectivity index (χ4n) is 1.15. The zero-order chi connectivity index (χ0) is 9.14. The van der Waals surface area contributed by atoms with E-state index < -0.39 is 0 Å². The van der Waals surface area contributed by atoms with Crippen molar-refractivity contribution in [3.05, 3.63) is 22.8 Å².